The van der Waals surface area contributed by atoms with Crippen LogP contribution >= 0.6 is 34.2 Å². The van der Waals surface area contributed by atoms with E-state index < -0.39 is 0 Å². The van der Waals surface area contributed by atoms with Crippen LogP contribution in [0.25, 0.3) is 11.4 Å². The predicted octanol–water partition coefficient (Wildman–Crippen LogP) is 3.69. The lowest BCUT2D eigenvalue weighted by Crippen LogP contribution is -2.02. The molecule has 0 saturated carbocycles. The highest BCUT2D eigenvalue weighted by atomic mass is 127. The summed E-state index contributed by atoms with van der Waals surface area (Å²) in [4.78, 5) is 8.56. The van der Waals surface area contributed by atoms with Gasteiger partial charge in [0.25, 0.3) is 0 Å². The van der Waals surface area contributed by atoms with E-state index in [0.717, 1.165) is 9.26 Å². The smallest absolute Gasteiger partial charge is 0.161 e. The van der Waals surface area contributed by atoms with E-state index >= 15 is 0 Å². The van der Waals surface area contributed by atoms with Crippen molar-refractivity contribution in [1.82, 2.24) is 9.97 Å². The molecule has 0 atom stereocenters. The average molecular weight is 379 g/mol. The van der Waals surface area contributed by atoms with E-state index in [4.69, 9.17) is 16.3 Å². The zero-order valence-corrected chi connectivity index (χ0v) is 12.4. The van der Waals surface area contributed by atoms with Crippen LogP contribution in [-0.2, 0) is 11.3 Å². The number of aromatic nitrogens is 2. The van der Waals surface area contributed by atoms with Crippen LogP contribution < -0.4 is 0 Å². The zero-order valence-electron chi connectivity index (χ0n) is 9.45. The van der Waals surface area contributed by atoms with E-state index in [0.29, 0.717) is 23.1 Å². The van der Waals surface area contributed by atoms with E-state index in [1.54, 1.807) is 19.2 Å². The lowest BCUT2D eigenvalue weighted by atomic mass is 10.2. The first-order valence-corrected chi connectivity index (χ1v) is 6.54. The van der Waals surface area contributed by atoms with Gasteiger partial charge in [-0.2, -0.15) is 0 Å². The molecule has 0 bridgehead atoms. The third kappa shape index (κ3) is 2.96. The third-order valence-corrected chi connectivity index (χ3v) is 3.99. The molecule has 0 spiro atoms. The van der Waals surface area contributed by atoms with Crippen LogP contribution in [0.5, 0.6) is 0 Å². The Hall–Kier alpha value is -0.790. The predicted molar refractivity (Wildman–Crippen MR) is 75.9 cm³/mol. The van der Waals surface area contributed by atoms with Crippen molar-refractivity contribution < 1.29 is 9.13 Å². The van der Waals surface area contributed by atoms with Gasteiger partial charge < -0.3 is 4.74 Å². The minimum absolute atomic E-state index is 0.299. The highest BCUT2D eigenvalue weighted by Crippen LogP contribution is 2.24. The summed E-state index contributed by atoms with van der Waals surface area (Å²) in [6.45, 7) is 0.356. The van der Waals surface area contributed by atoms with Gasteiger partial charge in [0, 0.05) is 12.7 Å². The molecule has 6 heteroatoms. The maximum Gasteiger partial charge on any atom is 0.161 e. The molecule has 1 heterocycles. The highest BCUT2D eigenvalue weighted by molar-refractivity contribution is 14.1. The molecule has 2 aromatic rings. The van der Waals surface area contributed by atoms with Gasteiger partial charge in [0.15, 0.2) is 5.82 Å². The summed E-state index contributed by atoms with van der Waals surface area (Å²) in [6.07, 6.45) is 0. The Bertz CT molecular complexity index is 563. The Morgan fingerprint density at radius 2 is 1.94 bits per heavy atom. The monoisotopic (exact) mass is 378 g/mol. The van der Waals surface area contributed by atoms with Crippen molar-refractivity contribution in [3.05, 3.63) is 44.5 Å². The second-order valence-electron chi connectivity index (χ2n) is 3.54. The molecule has 0 N–H and O–H groups in total. The first-order chi connectivity index (χ1) is 8.61. The molecule has 0 radical (unpaired) electrons. The second-order valence-corrected chi connectivity index (χ2v) is 4.98. The standard InChI is InChI=1S/C12H9ClFIN2O/c1-18-6-9-10(15)11(13)17-12(16-9)7-2-4-8(14)5-3-7/h2-5H,6H2,1H3. The van der Waals surface area contributed by atoms with Gasteiger partial charge >= 0.3 is 0 Å². The molecule has 0 aliphatic rings. The number of benzene rings is 1. The lowest BCUT2D eigenvalue weighted by molar-refractivity contribution is 0.181. The van der Waals surface area contributed by atoms with E-state index in [1.807, 2.05) is 0 Å². The molecule has 0 amide bonds. The van der Waals surface area contributed by atoms with E-state index in [9.17, 15) is 4.39 Å². The number of halogens is 3. The minimum Gasteiger partial charge on any atom is -0.378 e. The van der Waals surface area contributed by atoms with Crippen LogP contribution in [0.15, 0.2) is 24.3 Å². The summed E-state index contributed by atoms with van der Waals surface area (Å²) in [6, 6.07) is 5.95. The molecule has 3 nitrogen and oxygen atoms in total. The maximum atomic E-state index is 12.9. The molecular formula is C12H9ClFIN2O. The molecule has 1 aromatic carbocycles. The highest BCUT2D eigenvalue weighted by Gasteiger charge is 2.11. The maximum absolute atomic E-state index is 12.9. The molecule has 0 aliphatic carbocycles. The van der Waals surface area contributed by atoms with Gasteiger partial charge in [0.05, 0.1) is 15.9 Å². The van der Waals surface area contributed by atoms with Crippen molar-refractivity contribution in [3.8, 4) is 11.4 Å². The molecule has 1 aromatic heterocycles. The number of hydrogen-bond acceptors (Lipinski definition) is 3. The second kappa shape index (κ2) is 5.90. The fourth-order valence-electron chi connectivity index (χ4n) is 1.42. The lowest BCUT2D eigenvalue weighted by Gasteiger charge is -2.07. The first kappa shape index (κ1) is 13.6. The van der Waals surface area contributed by atoms with E-state index in [2.05, 4.69) is 32.6 Å². The van der Waals surface area contributed by atoms with Gasteiger partial charge in [-0.3, -0.25) is 0 Å². The molecular weight excluding hydrogens is 370 g/mol. The van der Waals surface area contributed by atoms with Crippen molar-refractivity contribution in [2.45, 2.75) is 6.61 Å². The molecule has 0 saturated heterocycles. The van der Waals surface area contributed by atoms with Crippen molar-refractivity contribution in [3.63, 3.8) is 0 Å². The fraction of sp³-hybridized carbons (Fsp3) is 0.167. The SMILES string of the molecule is COCc1nc(-c2ccc(F)cc2)nc(Cl)c1I. The van der Waals surface area contributed by atoms with Gasteiger partial charge in [-0.05, 0) is 46.9 Å². The number of methoxy groups -OCH3 is 1. The first-order valence-electron chi connectivity index (χ1n) is 5.08. The Morgan fingerprint density at radius 1 is 1.28 bits per heavy atom. The quantitative estimate of drug-likeness (QED) is 0.604. The topological polar surface area (TPSA) is 35.0 Å². The number of rotatable bonds is 3. The van der Waals surface area contributed by atoms with Crippen LogP contribution in [0, 0.1) is 9.39 Å². The molecule has 94 valence electrons. The van der Waals surface area contributed by atoms with E-state index in [-0.39, 0.29) is 5.82 Å². The van der Waals surface area contributed by atoms with Crippen LogP contribution in [0.3, 0.4) is 0 Å². The molecule has 18 heavy (non-hydrogen) atoms. The molecule has 2 rings (SSSR count). The van der Waals surface area contributed by atoms with Crippen LogP contribution in [0.4, 0.5) is 4.39 Å². The zero-order chi connectivity index (χ0) is 13.1. The van der Waals surface area contributed by atoms with Crippen molar-refractivity contribution in [2.24, 2.45) is 0 Å². The normalized spacial score (nSPS) is 10.7. The summed E-state index contributed by atoms with van der Waals surface area (Å²) in [5.41, 5.74) is 1.43. The van der Waals surface area contributed by atoms with Gasteiger partial charge in [0.1, 0.15) is 11.0 Å². The van der Waals surface area contributed by atoms with Gasteiger partial charge in [0.2, 0.25) is 0 Å². The van der Waals surface area contributed by atoms with Gasteiger partial charge in [-0.1, -0.05) is 11.6 Å². The van der Waals surface area contributed by atoms with E-state index in [1.165, 1.54) is 12.1 Å². The Morgan fingerprint density at radius 3 is 2.56 bits per heavy atom. The average Bonchev–Trinajstić information content (AvgIpc) is 2.36. The minimum atomic E-state index is -0.299. The van der Waals surface area contributed by atoms with Crippen molar-refractivity contribution >= 4 is 34.2 Å². The summed E-state index contributed by atoms with van der Waals surface area (Å²) in [5.74, 6) is 0.167. The summed E-state index contributed by atoms with van der Waals surface area (Å²) >= 11 is 8.12. The Labute approximate surface area is 123 Å². The fourth-order valence-corrected chi connectivity index (χ4v) is 2.01. The van der Waals surface area contributed by atoms with Crippen LogP contribution in [0.1, 0.15) is 5.69 Å². The van der Waals surface area contributed by atoms with Crippen molar-refractivity contribution in [2.75, 3.05) is 7.11 Å². The summed E-state index contributed by atoms with van der Waals surface area (Å²) in [7, 11) is 1.59. The Balaban J connectivity index is 2.48. The number of hydrogen-bond donors (Lipinski definition) is 0. The van der Waals surface area contributed by atoms with Crippen LogP contribution in [-0.4, -0.2) is 17.1 Å². The van der Waals surface area contributed by atoms with Crippen LogP contribution in [0.2, 0.25) is 5.15 Å². The molecule has 0 unspecified atom stereocenters. The summed E-state index contributed by atoms with van der Waals surface area (Å²) in [5, 5.41) is 0.372. The van der Waals surface area contributed by atoms with Gasteiger partial charge in [-0.25, -0.2) is 14.4 Å². The number of ether oxygens (including phenoxy) is 1. The molecule has 0 aliphatic heterocycles. The largest absolute Gasteiger partial charge is 0.378 e. The third-order valence-electron chi connectivity index (χ3n) is 2.26. The Kier molecular flexibility index (Phi) is 4.47. The molecule has 0 fully saturated rings. The summed E-state index contributed by atoms with van der Waals surface area (Å²) < 4.78 is 18.7. The van der Waals surface area contributed by atoms with Gasteiger partial charge in [-0.15, -0.1) is 0 Å². The number of nitrogens with zero attached hydrogens (tertiary/aromatic N) is 2. The van der Waals surface area contributed by atoms with Crippen molar-refractivity contribution in [1.29, 1.82) is 0 Å².